The number of nitrogens with zero attached hydrogens (tertiary/aromatic N) is 3. The first-order chi connectivity index (χ1) is 18.5. The zero-order valence-electron chi connectivity index (χ0n) is 20.8. The van der Waals surface area contributed by atoms with Crippen LogP contribution in [0.2, 0.25) is 0 Å². The zero-order valence-corrected chi connectivity index (χ0v) is 20.8. The molecule has 0 radical (unpaired) electrons. The highest BCUT2D eigenvalue weighted by Gasteiger charge is 2.31. The summed E-state index contributed by atoms with van der Waals surface area (Å²) < 4.78 is 60.0. The smallest absolute Gasteiger partial charge is 0.406 e. The van der Waals surface area contributed by atoms with Gasteiger partial charge in [-0.15, -0.1) is 18.3 Å². The van der Waals surface area contributed by atoms with E-state index in [1.165, 1.54) is 17.3 Å². The van der Waals surface area contributed by atoms with E-state index in [0.29, 0.717) is 44.7 Å². The lowest BCUT2D eigenvalue weighted by atomic mass is 10.1. The van der Waals surface area contributed by atoms with Gasteiger partial charge in [-0.1, -0.05) is 0 Å². The Hall–Kier alpha value is -3.98. The van der Waals surface area contributed by atoms with Crippen molar-refractivity contribution in [3.05, 3.63) is 59.3 Å². The van der Waals surface area contributed by atoms with Crippen molar-refractivity contribution in [3.8, 4) is 5.75 Å². The summed E-state index contributed by atoms with van der Waals surface area (Å²) in [5.74, 6) is 3.38. The molecule has 2 heterocycles. The Kier molecular flexibility index (Phi) is 10.4. The molecule has 15 heteroatoms. The zero-order chi connectivity index (χ0) is 28.4. The van der Waals surface area contributed by atoms with Crippen LogP contribution in [0.4, 0.5) is 23.4 Å². The second-order valence-corrected chi connectivity index (χ2v) is 8.71. The summed E-state index contributed by atoms with van der Waals surface area (Å²) in [6.07, 6.45) is -1.25. The second kappa shape index (κ2) is 13.7. The third-order valence-corrected chi connectivity index (χ3v) is 5.54. The predicted octanol–water partition coefficient (Wildman–Crippen LogP) is 1.90. The van der Waals surface area contributed by atoms with Crippen molar-refractivity contribution in [1.29, 1.82) is 0 Å². The number of alkyl halides is 3. The van der Waals surface area contributed by atoms with Crippen LogP contribution < -0.4 is 26.9 Å². The molecule has 1 saturated heterocycles. The molecule has 1 atom stereocenters. The van der Waals surface area contributed by atoms with Gasteiger partial charge in [0.05, 0.1) is 18.2 Å². The number of hydrogen-bond donors (Lipinski definition) is 4. The Morgan fingerprint density at radius 2 is 1.97 bits per heavy atom. The van der Waals surface area contributed by atoms with Crippen LogP contribution in [0.1, 0.15) is 30.5 Å². The molecule has 1 fully saturated rings. The first kappa shape index (κ1) is 29.6. The predicted molar refractivity (Wildman–Crippen MR) is 131 cm³/mol. The van der Waals surface area contributed by atoms with Gasteiger partial charge in [0.15, 0.2) is 5.82 Å². The van der Waals surface area contributed by atoms with Crippen molar-refractivity contribution in [2.75, 3.05) is 25.0 Å². The molecule has 3 rings (SSSR count). The lowest BCUT2D eigenvalue weighted by Crippen LogP contribution is -2.41. The minimum Gasteiger partial charge on any atom is -0.406 e. The molecule has 39 heavy (non-hydrogen) atoms. The van der Waals surface area contributed by atoms with Crippen molar-refractivity contribution >= 4 is 17.6 Å². The van der Waals surface area contributed by atoms with Gasteiger partial charge in [-0.2, -0.15) is 5.10 Å². The summed E-state index contributed by atoms with van der Waals surface area (Å²) in [5.41, 5.74) is 6.13. The molecule has 0 saturated carbocycles. The van der Waals surface area contributed by atoms with Gasteiger partial charge < -0.3 is 30.8 Å². The summed E-state index contributed by atoms with van der Waals surface area (Å²) in [7, 11) is 0. The Morgan fingerprint density at radius 3 is 2.62 bits per heavy atom. The molecule has 1 aliphatic rings. The average molecular weight is 556 g/mol. The largest absolute Gasteiger partial charge is 0.573 e. The highest BCUT2D eigenvalue weighted by atomic mass is 19.4. The van der Waals surface area contributed by atoms with E-state index in [-0.39, 0.29) is 23.2 Å². The average Bonchev–Trinajstić information content (AvgIpc) is 2.83. The molecular formula is C24H29F4N7O4. The van der Waals surface area contributed by atoms with Crippen molar-refractivity contribution in [2.45, 2.75) is 44.6 Å². The fourth-order valence-corrected chi connectivity index (χ4v) is 3.46. The number of amides is 2. The SMILES string of the molecule is N/C(=C\N(N)CCCCc1ccc(NC(=O)Cc2cc(OC(F)(F)F)ccc2F)nn1)C(=O)NCC1CCO1. The number of ether oxygens (including phenoxy) is 2. The van der Waals surface area contributed by atoms with Gasteiger partial charge >= 0.3 is 6.36 Å². The molecule has 1 aromatic carbocycles. The standard InChI is InChI=1S/C24H29F4N7O4/c25-19-6-5-17(39-24(26,27)28)11-15(19)12-22(36)32-21-7-4-16(33-34-21)3-1-2-9-35(30)14-20(29)23(37)31-13-18-8-10-38-18/h4-7,11,14,18H,1-3,8-10,12-13,29-30H2,(H,31,37)(H,32,34,36)/b20-14-. The first-order valence-corrected chi connectivity index (χ1v) is 12.0. The molecule has 1 aromatic heterocycles. The number of rotatable bonds is 13. The van der Waals surface area contributed by atoms with E-state index in [9.17, 15) is 27.2 Å². The minimum absolute atomic E-state index is 0.00888. The minimum atomic E-state index is -4.94. The lowest BCUT2D eigenvalue weighted by molar-refractivity contribution is -0.274. The van der Waals surface area contributed by atoms with E-state index in [2.05, 4.69) is 25.6 Å². The number of benzene rings is 1. The van der Waals surface area contributed by atoms with E-state index in [4.69, 9.17) is 16.3 Å². The van der Waals surface area contributed by atoms with E-state index < -0.39 is 36.2 Å². The molecule has 0 bridgehead atoms. The van der Waals surface area contributed by atoms with Gasteiger partial charge in [0.25, 0.3) is 5.91 Å². The van der Waals surface area contributed by atoms with Crippen molar-refractivity contribution < 1.29 is 36.6 Å². The molecule has 212 valence electrons. The monoisotopic (exact) mass is 555 g/mol. The fraction of sp³-hybridized carbons (Fsp3) is 0.417. The maximum absolute atomic E-state index is 13.9. The normalized spacial score (nSPS) is 15.3. The number of nitrogens with one attached hydrogen (secondary N) is 2. The third kappa shape index (κ3) is 10.4. The van der Waals surface area contributed by atoms with Crippen LogP contribution >= 0.6 is 0 Å². The van der Waals surface area contributed by atoms with Crippen LogP contribution in [-0.4, -0.2) is 59.2 Å². The number of hydrogen-bond acceptors (Lipinski definition) is 9. The van der Waals surface area contributed by atoms with Gasteiger partial charge in [0.2, 0.25) is 5.91 Å². The fourth-order valence-electron chi connectivity index (χ4n) is 3.46. The number of carbonyl (C=O) groups excluding carboxylic acids is 2. The van der Waals surface area contributed by atoms with Crippen LogP contribution in [0.3, 0.4) is 0 Å². The summed E-state index contributed by atoms with van der Waals surface area (Å²) in [6, 6.07) is 5.57. The third-order valence-electron chi connectivity index (χ3n) is 5.54. The van der Waals surface area contributed by atoms with Gasteiger partial charge in [-0.05, 0) is 56.0 Å². The number of aromatic nitrogens is 2. The molecule has 2 amide bonds. The summed E-state index contributed by atoms with van der Waals surface area (Å²) in [4.78, 5) is 24.2. The molecule has 1 aliphatic heterocycles. The maximum atomic E-state index is 13.9. The molecule has 1 unspecified atom stereocenters. The highest BCUT2D eigenvalue weighted by Crippen LogP contribution is 2.25. The molecular weight excluding hydrogens is 526 g/mol. The number of anilines is 1. The van der Waals surface area contributed by atoms with Crippen LogP contribution in [0, 0.1) is 5.82 Å². The van der Waals surface area contributed by atoms with Crippen LogP contribution in [0.5, 0.6) is 5.75 Å². The Morgan fingerprint density at radius 1 is 1.21 bits per heavy atom. The Labute approximate surface area is 221 Å². The number of halogens is 4. The summed E-state index contributed by atoms with van der Waals surface area (Å²) in [5, 5.41) is 14.3. The van der Waals surface area contributed by atoms with E-state index >= 15 is 0 Å². The van der Waals surface area contributed by atoms with Gasteiger partial charge in [0.1, 0.15) is 17.3 Å². The first-order valence-electron chi connectivity index (χ1n) is 12.0. The van der Waals surface area contributed by atoms with E-state index in [1.807, 2.05) is 0 Å². The second-order valence-electron chi connectivity index (χ2n) is 8.71. The Balaban J connectivity index is 1.38. The van der Waals surface area contributed by atoms with E-state index in [0.717, 1.165) is 24.6 Å². The van der Waals surface area contributed by atoms with Crippen LogP contribution in [0.15, 0.2) is 42.2 Å². The molecule has 6 N–H and O–H groups in total. The maximum Gasteiger partial charge on any atom is 0.573 e. The van der Waals surface area contributed by atoms with E-state index in [1.54, 1.807) is 6.07 Å². The van der Waals surface area contributed by atoms with Gasteiger partial charge in [-0.3, -0.25) is 9.59 Å². The van der Waals surface area contributed by atoms with Crippen molar-refractivity contribution in [1.82, 2.24) is 20.5 Å². The lowest BCUT2D eigenvalue weighted by Gasteiger charge is -2.26. The molecule has 2 aromatic rings. The number of aryl methyl sites for hydroxylation is 1. The molecule has 0 spiro atoms. The number of nitrogens with two attached hydrogens (primary N) is 2. The Bertz CT molecular complexity index is 1160. The molecule has 0 aliphatic carbocycles. The topological polar surface area (TPSA) is 158 Å². The van der Waals surface area contributed by atoms with Crippen molar-refractivity contribution in [3.63, 3.8) is 0 Å². The summed E-state index contributed by atoms with van der Waals surface area (Å²) in [6.45, 7) is 1.53. The number of carbonyl (C=O) groups is 2. The molecule has 11 nitrogen and oxygen atoms in total. The van der Waals surface area contributed by atoms with Gasteiger partial charge in [0, 0.05) is 31.5 Å². The number of hydrazine groups is 1. The highest BCUT2D eigenvalue weighted by molar-refractivity contribution is 5.92. The van der Waals surface area contributed by atoms with Gasteiger partial charge in [-0.25, -0.2) is 10.2 Å². The van der Waals surface area contributed by atoms with Crippen molar-refractivity contribution in [2.24, 2.45) is 11.6 Å². The number of unbranched alkanes of at least 4 members (excludes halogenated alkanes) is 1. The summed E-state index contributed by atoms with van der Waals surface area (Å²) >= 11 is 0. The van der Waals surface area contributed by atoms with Crippen LogP contribution in [-0.2, 0) is 27.2 Å². The quantitative estimate of drug-likeness (QED) is 0.0953. The van der Waals surface area contributed by atoms with Crippen LogP contribution in [0.25, 0.3) is 0 Å².